The maximum atomic E-state index is 10.5. The first-order valence-corrected chi connectivity index (χ1v) is 6.21. The van der Waals surface area contributed by atoms with Crippen LogP contribution in [-0.4, -0.2) is 23.2 Å². The van der Waals surface area contributed by atoms with Crippen LogP contribution in [0.5, 0.6) is 5.75 Å². The molecule has 0 saturated carbocycles. The smallest absolute Gasteiger partial charge is 0.287 e. The summed E-state index contributed by atoms with van der Waals surface area (Å²) in [4.78, 5) is 13.8. The lowest BCUT2D eigenvalue weighted by Crippen LogP contribution is -1.95. The number of halogens is 1. The maximum absolute atomic E-state index is 10.5. The van der Waals surface area contributed by atoms with Gasteiger partial charge in [0.05, 0.1) is 23.3 Å². The first-order valence-electron chi connectivity index (χ1n) is 5.83. The fraction of sp³-hybridized carbons (Fsp3) is 0.0769. The van der Waals surface area contributed by atoms with Gasteiger partial charge in [0, 0.05) is 6.07 Å². The Bertz CT molecular complexity index is 674. The Kier molecular flexibility index (Phi) is 4.68. The summed E-state index contributed by atoms with van der Waals surface area (Å²) in [5.74, 6) is 0.982. The van der Waals surface area contributed by atoms with E-state index < -0.39 is 4.92 Å². The molecule has 0 radical (unpaired) electrons. The molecule has 0 aliphatic carbocycles. The highest BCUT2D eigenvalue weighted by molar-refractivity contribution is 6.32. The highest BCUT2D eigenvalue weighted by Gasteiger charge is 2.04. The van der Waals surface area contributed by atoms with Crippen molar-refractivity contribution >= 4 is 29.3 Å². The number of pyridine rings is 1. The van der Waals surface area contributed by atoms with Crippen LogP contribution in [-0.2, 0) is 0 Å². The molecule has 0 unspecified atom stereocenters. The number of hydrogen-bond donors (Lipinski definition) is 1. The van der Waals surface area contributed by atoms with E-state index in [-0.39, 0.29) is 5.69 Å². The fourth-order valence-corrected chi connectivity index (χ4v) is 1.76. The molecular weight excluding hydrogens is 296 g/mol. The Balaban J connectivity index is 2.01. The molecule has 1 aromatic heterocycles. The lowest BCUT2D eigenvalue weighted by molar-refractivity contribution is -0.385. The highest BCUT2D eigenvalue weighted by atomic mass is 35.5. The molecule has 1 heterocycles. The molecule has 2 rings (SSSR count). The Hall–Kier alpha value is -2.67. The van der Waals surface area contributed by atoms with Gasteiger partial charge in [-0.3, -0.25) is 15.5 Å². The van der Waals surface area contributed by atoms with Gasteiger partial charge in [-0.2, -0.15) is 5.10 Å². The second-order valence-electron chi connectivity index (χ2n) is 3.92. The standard InChI is InChI=1S/C13H11ClN4O3/c1-21-12-4-2-9(6-11(12)14)7-16-17-13-5-3-10(8-15-13)18(19)20/h2-8H,1H3,(H,15,17). The van der Waals surface area contributed by atoms with Crippen LogP contribution in [0.4, 0.5) is 11.5 Å². The molecule has 0 atom stereocenters. The second kappa shape index (κ2) is 6.67. The van der Waals surface area contributed by atoms with E-state index in [0.717, 1.165) is 11.8 Å². The quantitative estimate of drug-likeness (QED) is 0.521. The van der Waals surface area contributed by atoms with Gasteiger partial charge in [-0.05, 0) is 29.8 Å². The van der Waals surface area contributed by atoms with E-state index in [9.17, 15) is 10.1 Å². The van der Waals surface area contributed by atoms with Crippen LogP contribution in [0.1, 0.15) is 5.56 Å². The first kappa shape index (κ1) is 14.7. The molecule has 0 bridgehead atoms. The number of aromatic nitrogens is 1. The van der Waals surface area contributed by atoms with E-state index >= 15 is 0 Å². The molecule has 0 saturated heterocycles. The van der Waals surface area contributed by atoms with Gasteiger partial charge in [-0.1, -0.05) is 11.6 Å². The van der Waals surface area contributed by atoms with Crippen molar-refractivity contribution in [1.29, 1.82) is 0 Å². The molecule has 108 valence electrons. The van der Waals surface area contributed by atoms with Crippen molar-refractivity contribution in [2.75, 3.05) is 12.5 Å². The molecule has 1 aromatic carbocycles. The average molecular weight is 307 g/mol. The molecule has 0 aliphatic rings. The SMILES string of the molecule is COc1ccc(C=NNc2ccc([N+](=O)[O-])cn2)cc1Cl. The molecule has 7 nitrogen and oxygen atoms in total. The van der Waals surface area contributed by atoms with Crippen LogP contribution in [0.2, 0.25) is 5.02 Å². The summed E-state index contributed by atoms with van der Waals surface area (Å²) in [6.07, 6.45) is 2.70. The summed E-state index contributed by atoms with van der Waals surface area (Å²) in [5, 5.41) is 14.9. The minimum absolute atomic E-state index is 0.0773. The number of nitrogens with zero attached hydrogens (tertiary/aromatic N) is 3. The molecule has 2 aromatic rings. The van der Waals surface area contributed by atoms with Crippen molar-refractivity contribution in [3.05, 3.63) is 57.2 Å². The van der Waals surface area contributed by atoms with Gasteiger partial charge in [0.25, 0.3) is 5.69 Å². The summed E-state index contributed by atoms with van der Waals surface area (Å²) in [5.41, 5.74) is 3.36. The first-order chi connectivity index (χ1) is 10.1. The molecule has 0 spiro atoms. The average Bonchev–Trinajstić information content (AvgIpc) is 2.48. The van der Waals surface area contributed by atoms with Gasteiger partial charge in [0.15, 0.2) is 0 Å². The summed E-state index contributed by atoms with van der Waals surface area (Å²) in [6, 6.07) is 8.04. The van der Waals surface area contributed by atoms with Crippen molar-refractivity contribution in [2.24, 2.45) is 5.10 Å². The molecule has 0 fully saturated rings. The van der Waals surface area contributed by atoms with E-state index in [1.165, 1.54) is 19.2 Å². The number of anilines is 1. The predicted octanol–water partition coefficient (Wildman–Crippen LogP) is 3.10. The van der Waals surface area contributed by atoms with Gasteiger partial charge in [0.1, 0.15) is 17.8 Å². The van der Waals surface area contributed by atoms with Crippen LogP contribution in [0, 0.1) is 10.1 Å². The monoisotopic (exact) mass is 306 g/mol. The van der Waals surface area contributed by atoms with E-state index in [4.69, 9.17) is 16.3 Å². The van der Waals surface area contributed by atoms with Crippen molar-refractivity contribution in [3.63, 3.8) is 0 Å². The summed E-state index contributed by atoms with van der Waals surface area (Å²) >= 11 is 5.99. The van der Waals surface area contributed by atoms with Crippen molar-refractivity contribution in [3.8, 4) is 5.75 Å². The third kappa shape index (κ3) is 3.90. The number of hydrogen-bond acceptors (Lipinski definition) is 6. The summed E-state index contributed by atoms with van der Waals surface area (Å²) in [7, 11) is 1.54. The van der Waals surface area contributed by atoms with Crippen molar-refractivity contribution in [2.45, 2.75) is 0 Å². The summed E-state index contributed by atoms with van der Waals surface area (Å²) < 4.78 is 5.05. The van der Waals surface area contributed by atoms with E-state index in [1.54, 1.807) is 24.4 Å². The molecule has 8 heteroatoms. The molecule has 0 aliphatic heterocycles. The van der Waals surface area contributed by atoms with Crippen LogP contribution >= 0.6 is 11.6 Å². The number of benzene rings is 1. The van der Waals surface area contributed by atoms with Gasteiger partial charge >= 0.3 is 0 Å². The topological polar surface area (TPSA) is 89.6 Å². The normalized spacial score (nSPS) is 10.6. The number of ether oxygens (including phenoxy) is 1. The third-order valence-corrected chi connectivity index (χ3v) is 2.82. The largest absolute Gasteiger partial charge is 0.495 e. The lowest BCUT2D eigenvalue weighted by atomic mass is 10.2. The third-order valence-electron chi connectivity index (χ3n) is 2.53. The van der Waals surface area contributed by atoms with Crippen LogP contribution in [0.15, 0.2) is 41.6 Å². The number of rotatable bonds is 5. The Morgan fingerprint density at radius 2 is 2.24 bits per heavy atom. The van der Waals surface area contributed by atoms with E-state index in [2.05, 4.69) is 15.5 Å². The van der Waals surface area contributed by atoms with Gasteiger partial charge in [0.2, 0.25) is 0 Å². The number of methoxy groups -OCH3 is 1. The second-order valence-corrected chi connectivity index (χ2v) is 4.33. The van der Waals surface area contributed by atoms with Crippen LogP contribution in [0.3, 0.4) is 0 Å². The fourth-order valence-electron chi connectivity index (χ4n) is 1.50. The molecule has 1 N–H and O–H groups in total. The number of nitro groups is 1. The zero-order valence-corrected chi connectivity index (χ0v) is 11.7. The van der Waals surface area contributed by atoms with Gasteiger partial charge in [-0.25, -0.2) is 4.98 Å². The summed E-state index contributed by atoms with van der Waals surface area (Å²) in [6.45, 7) is 0. The highest BCUT2D eigenvalue weighted by Crippen LogP contribution is 2.24. The van der Waals surface area contributed by atoms with Crippen molar-refractivity contribution < 1.29 is 9.66 Å². The van der Waals surface area contributed by atoms with Gasteiger partial charge in [-0.15, -0.1) is 0 Å². The van der Waals surface area contributed by atoms with E-state index in [0.29, 0.717) is 16.6 Å². The zero-order chi connectivity index (χ0) is 15.2. The Labute approximate surface area is 125 Å². The lowest BCUT2D eigenvalue weighted by Gasteiger charge is -2.03. The van der Waals surface area contributed by atoms with E-state index in [1.807, 2.05) is 0 Å². The molecule has 0 amide bonds. The number of nitrogens with one attached hydrogen (secondary N) is 1. The van der Waals surface area contributed by atoms with Crippen molar-refractivity contribution in [1.82, 2.24) is 4.98 Å². The van der Waals surface area contributed by atoms with Crippen LogP contribution in [0.25, 0.3) is 0 Å². The maximum Gasteiger partial charge on any atom is 0.287 e. The predicted molar refractivity (Wildman–Crippen MR) is 80.1 cm³/mol. The Morgan fingerprint density at radius 1 is 1.43 bits per heavy atom. The molecular formula is C13H11ClN4O3. The van der Waals surface area contributed by atoms with Crippen LogP contribution < -0.4 is 10.2 Å². The zero-order valence-electron chi connectivity index (χ0n) is 11.0. The minimum Gasteiger partial charge on any atom is -0.495 e. The minimum atomic E-state index is -0.514. The van der Waals surface area contributed by atoms with Gasteiger partial charge < -0.3 is 4.74 Å². The Morgan fingerprint density at radius 3 is 2.81 bits per heavy atom. The molecule has 21 heavy (non-hydrogen) atoms. The number of hydrazone groups is 1.